The average molecular weight is 184 g/mol. The Labute approximate surface area is 73.4 Å². The molecule has 0 saturated heterocycles. The Balaban J connectivity index is 3.38. The van der Waals surface area contributed by atoms with E-state index in [1.807, 2.05) is 0 Å². The van der Waals surface area contributed by atoms with Gasteiger partial charge in [0, 0.05) is 5.56 Å². The molecule has 12 heavy (non-hydrogen) atoms. The number of aldehydes is 1. The van der Waals surface area contributed by atoms with Gasteiger partial charge in [-0.3, -0.25) is 9.59 Å². The highest BCUT2D eigenvalue weighted by atomic mass is 32.2. The average Bonchev–Trinajstić information content (AvgIpc) is 2.09. The molecule has 1 aromatic heterocycles. The molecule has 0 fully saturated rings. The number of H-pyrrole nitrogens is 1. The van der Waals surface area contributed by atoms with Crippen molar-refractivity contribution in [1.29, 1.82) is 0 Å². The normalized spacial score (nSPS) is 9.83. The highest BCUT2D eigenvalue weighted by Crippen LogP contribution is 2.06. The summed E-state index contributed by atoms with van der Waals surface area (Å²) in [7, 11) is 0. The number of hydrogen-bond acceptors (Lipinski definition) is 4. The minimum Gasteiger partial charge on any atom is -0.301 e. The fourth-order valence-electron chi connectivity index (χ4n) is 0.740. The molecule has 0 saturated carbocycles. The second-order valence-electron chi connectivity index (χ2n) is 2.20. The molecule has 0 aromatic carbocycles. The zero-order chi connectivity index (χ0) is 9.14. The van der Waals surface area contributed by atoms with Crippen LogP contribution < -0.4 is 5.56 Å². The molecule has 0 aliphatic rings. The Bertz CT molecular complexity index is 359. The zero-order valence-electron chi connectivity index (χ0n) is 6.75. The van der Waals surface area contributed by atoms with Gasteiger partial charge in [-0.2, -0.15) is 0 Å². The molecule has 0 aliphatic heterocycles. The molecule has 4 nitrogen and oxygen atoms in total. The van der Waals surface area contributed by atoms with E-state index in [0.717, 1.165) is 0 Å². The number of aromatic nitrogens is 2. The van der Waals surface area contributed by atoms with Gasteiger partial charge in [-0.15, -0.1) is 0 Å². The number of carbonyl (C=O) groups is 1. The van der Waals surface area contributed by atoms with Gasteiger partial charge < -0.3 is 4.98 Å². The number of carbonyl (C=O) groups excluding carboxylic acids is 1. The van der Waals surface area contributed by atoms with Crippen LogP contribution in [-0.4, -0.2) is 22.5 Å². The van der Waals surface area contributed by atoms with Crippen molar-refractivity contribution in [2.45, 2.75) is 12.1 Å². The fraction of sp³-hybridized carbons (Fsp3) is 0.286. The van der Waals surface area contributed by atoms with Gasteiger partial charge in [0.05, 0.1) is 0 Å². The summed E-state index contributed by atoms with van der Waals surface area (Å²) >= 11 is 1.30. The summed E-state index contributed by atoms with van der Waals surface area (Å²) in [6, 6.07) is 0. The molecule has 1 N–H and O–H groups in total. The van der Waals surface area contributed by atoms with E-state index in [4.69, 9.17) is 0 Å². The van der Waals surface area contributed by atoms with Crippen molar-refractivity contribution in [2.75, 3.05) is 6.26 Å². The van der Waals surface area contributed by atoms with E-state index in [1.165, 1.54) is 11.8 Å². The van der Waals surface area contributed by atoms with Crippen LogP contribution in [0.1, 0.15) is 16.1 Å². The molecule has 0 aliphatic carbocycles. The van der Waals surface area contributed by atoms with Crippen LogP contribution in [0.25, 0.3) is 0 Å². The molecule has 0 atom stereocenters. The van der Waals surface area contributed by atoms with Crippen LogP contribution in [0.3, 0.4) is 0 Å². The lowest BCUT2D eigenvalue weighted by atomic mass is 10.3. The molecular formula is C7H8N2O2S. The SMILES string of the molecule is CSc1nc(C=O)c(C)c(=O)[nH]1. The molecule has 64 valence electrons. The van der Waals surface area contributed by atoms with Gasteiger partial charge in [0.2, 0.25) is 0 Å². The number of nitrogens with one attached hydrogen (secondary N) is 1. The summed E-state index contributed by atoms with van der Waals surface area (Å²) in [5, 5.41) is 0.465. The van der Waals surface area contributed by atoms with E-state index >= 15 is 0 Å². The van der Waals surface area contributed by atoms with Crippen molar-refractivity contribution in [3.05, 3.63) is 21.6 Å². The van der Waals surface area contributed by atoms with Crippen molar-refractivity contribution in [3.63, 3.8) is 0 Å². The van der Waals surface area contributed by atoms with Gasteiger partial charge >= 0.3 is 0 Å². The number of hydrogen-bond donors (Lipinski definition) is 1. The Morgan fingerprint density at radius 3 is 2.75 bits per heavy atom. The van der Waals surface area contributed by atoms with Gasteiger partial charge in [-0.25, -0.2) is 4.98 Å². The molecule has 0 bridgehead atoms. The van der Waals surface area contributed by atoms with Crippen LogP contribution in [0.2, 0.25) is 0 Å². The highest BCUT2D eigenvalue weighted by molar-refractivity contribution is 7.98. The molecule has 0 radical (unpaired) electrons. The van der Waals surface area contributed by atoms with Gasteiger partial charge in [0.25, 0.3) is 5.56 Å². The van der Waals surface area contributed by atoms with Crippen LogP contribution in [0.15, 0.2) is 9.95 Å². The number of nitrogens with zero attached hydrogens (tertiary/aromatic N) is 1. The topological polar surface area (TPSA) is 62.8 Å². The summed E-state index contributed by atoms with van der Waals surface area (Å²) < 4.78 is 0. The first kappa shape index (κ1) is 8.99. The molecule has 0 amide bonds. The molecule has 1 rings (SSSR count). The van der Waals surface area contributed by atoms with E-state index in [2.05, 4.69) is 9.97 Å². The Kier molecular flexibility index (Phi) is 2.65. The van der Waals surface area contributed by atoms with E-state index in [1.54, 1.807) is 13.2 Å². The van der Waals surface area contributed by atoms with E-state index < -0.39 is 0 Å². The number of aromatic amines is 1. The first-order valence-corrected chi connectivity index (χ1v) is 4.51. The van der Waals surface area contributed by atoms with E-state index in [0.29, 0.717) is 17.0 Å². The molecule has 0 unspecified atom stereocenters. The number of rotatable bonds is 2. The van der Waals surface area contributed by atoms with Crippen molar-refractivity contribution in [3.8, 4) is 0 Å². The monoisotopic (exact) mass is 184 g/mol. The molecular weight excluding hydrogens is 176 g/mol. The van der Waals surface area contributed by atoms with Crippen LogP contribution >= 0.6 is 11.8 Å². The maximum absolute atomic E-state index is 11.1. The first-order chi connectivity index (χ1) is 5.69. The highest BCUT2D eigenvalue weighted by Gasteiger charge is 2.04. The maximum atomic E-state index is 11.1. The lowest BCUT2D eigenvalue weighted by molar-refractivity contribution is 0.111. The third kappa shape index (κ3) is 1.55. The second-order valence-corrected chi connectivity index (χ2v) is 3.00. The third-order valence-electron chi connectivity index (χ3n) is 1.47. The van der Waals surface area contributed by atoms with Crippen molar-refractivity contribution < 1.29 is 4.79 Å². The Hall–Kier alpha value is -1.10. The first-order valence-electron chi connectivity index (χ1n) is 3.29. The Morgan fingerprint density at radius 1 is 1.58 bits per heavy atom. The minimum absolute atomic E-state index is 0.211. The lowest BCUT2D eigenvalue weighted by Crippen LogP contribution is -2.15. The van der Waals surface area contributed by atoms with Gasteiger partial charge in [0.1, 0.15) is 5.69 Å². The van der Waals surface area contributed by atoms with Crippen LogP contribution in [0, 0.1) is 6.92 Å². The van der Waals surface area contributed by atoms with Crippen LogP contribution in [0.5, 0.6) is 0 Å². The fourth-order valence-corrected chi connectivity index (χ4v) is 1.12. The van der Waals surface area contributed by atoms with Gasteiger partial charge in [0.15, 0.2) is 11.4 Å². The summed E-state index contributed by atoms with van der Waals surface area (Å²) in [5.74, 6) is 0. The molecule has 0 spiro atoms. The summed E-state index contributed by atoms with van der Waals surface area (Å²) in [5.41, 5.74) is 0.322. The minimum atomic E-state index is -0.253. The summed E-state index contributed by atoms with van der Waals surface area (Å²) in [6.45, 7) is 1.57. The third-order valence-corrected chi connectivity index (χ3v) is 2.05. The van der Waals surface area contributed by atoms with Crippen LogP contribution in [0.4, 0.5) is 0 Å². The maximum Gasteiger partial charge on any atom is 0.255 e. The largest absolute Gasteiger partial charge is 0.301 e. The summed E-state index contributed by atoms with van der Waals surface area (Å²) in [6.07, 6.45) is 2.37. The molecule has 1 aromatic rings. The molecule has 5 heteroatoms. The zero-order valence-corrected chi connectivity index (χ0v) is 7.57. The number of thioether (sulfide) groups is 1. The standard InChI is InChI=1S/C7H8N2O2S/c1-4-5(3-10)8-7(12-2)9-6(4)11/h3H,1-2H3,(H,8,9,11). The van der Waals surface area contributed by atoms with Crippen molar-refractivity contribution in [1.82, 2.24) is 9.97 Å². The van der Waals surface area contributed by atoms with Gasteiger partial charge in [-0.05, 0) is 13.2 Å². The predicted octanol–water partition coefficient (Wildman–Crippen LogP) is 0.613. The van der Waals surface area contributed by atoms with Crippen molar-refractivity contribution in [2.24, 2.45) is 0 Å². The van der Waals surface area contributed by atoms with Crippen molar-refractivity contribution >= 4 is 18.0 Å². The lowest BCUT2D eigenvalue weighted by Gasteiger charge is -1.98. The summed E-state index contributed by atoms with van der Waals surface area (Å²) in [4.78, 5) is 28.0. The quantitative estimate of drug-likeness (QED) is 0.415. The Morgan fingerprint density at radius 2 is 2.25 bits per heavy atom. The van der Waals surface area contributed by atoms with E-state index in [9.17, 15) is 9.59 Å². The van der Waals surface area contributed by atoms with Gasteiger partial charge in [-0.1, -0.05) is 11.8 Å². The van der Waals surface area contributed by atoms with Crippen LogP contribution in [-0.2, 0) is 0 Å². The second kappa shape index (κ2) is 3.53. The van der Waals surface area contributed by atoms with E-state index in [-0.39, 0.29) is 11.3 Å². The molecule has 1 heterocycles. The smallest absolute Gasteiger partial charge is 0.255 e. The predicted molar refractivity (Wildman–Crippen MR) is 46.8 cm³/mol.